The van der Waals surface area contributed by atoms with Crippen molar-refractivity contribution in [2.75, 3.05) is 5.43 Å². The van der Waals surface area contributed by atoms with Crippen LogP contribution >= 0.6 is 57.7 Å². The van der Waals surface area contributed by atoms with Gasteiger partial charge in [0, 0.05) is 26.6 Å². The fraction of sp³-hybridized carbons (Fsp3) is 0. The zero-order valence-corrected chi connectivity index (χ0v) is 15.8. The van der Waals surface area contributed by atoms with Crippen molar-refractivity contribution in [1.29, 1.82) is 0 Å². The molecule has 24 heavy (non-hydrogen) atoms. The van der Waals surface area contributed by atoms with Crippen LogP contribution in [-0.4, -0.2) is 11.2 Å². The zero-order valence-electron chi connectivity index (χ0n) is 11.9. The smallest absolute Gasteiger partial charge is 0.203 e. The molecular weight excluding hydrogens is 408 g/mol. The predicted molar refractivity (Wildman–Crippen MR) is 105 cm³/mol. The maximum Gasteiger partial charge on any atom is 0.203 e. The van der Waals surface area contributed by atoms with Crippen LogP contribution in [0.5, 0.6) is 0 Å². The summed E-state index contributed by atoms with van der Waals surface area (Å²) in [6, 6.07) is 10.5. The summed E-state index contributed by atoms with van der Waals surface area (Å²) in [7, 11) is 0. The molecule has 0 aliphatic heterocycles. The Morgan fingerprint density at radius 3 is 2.38 bits per heavy atom. The lowest BCUT2D eigenvalue weighted by molar-refractivity contribution is 1.29. The highest BCUT2D eigenvalue weighted by Gasteiger charge is 2.08. The summed E-state index contributed by atoms with van der Waals surface area (Å²) in [5.74, 6) is 0. The Kier molecular flexibility index (Phi) is 5.64. The molecule has 0 amide bonds. The quantitative estimate of drug-likeness (QED) is 0.372. The number of nitrogens with zero attached hydrogens (tertiary/aromatic N) is 2. The second-order valence-corrected chi connectivity index (χ2v) is 7.24. The van der Waals surface area contributed by atoms with Gasteiger partial charge in [-0.25, -0.2) is 4.98 Å². The number of hydrogen-bond acceptors (Lipinski definition) is 4. The molecule has 3 rings (SSSR count). The van der Waals surface area contributed by atoms with Gasteiger partial charge < -0.3 is 0 Å². The Morgan fingerprint density at radius 2 is 1.67 bits per heavy atom. The third-order valence-electron chi connectivity index (χ3n) is 3.04. The van der Waals surface area contributed by atoms with Crippen LogP contribution in [0, 0.1) is 0 Å². The molecular formula is C16H9Cl4N3S. The largest absolute Gasteiger partial charge is 0.253 e. The predicted octanol–water partition coefficient (Wildman–Crippen LogP) is 6.87. The van der Waals surface area contributed by atoms with Crippen molar-refractivity contribution >= 4 is 69.1 Å². The number of aromatic nitrogens is 1. The average Bonchev–Trinajstić information content (AvgIpc) is 2.98. The molecule has 0 bridgehead atoms. The molecule has 122 valence electrons. The zero-order chi connectivity index (χ0) is 17.1. The summed E-state index contributed by atoms with van der Waals surface area (Å²) in [4.78, 5) is 4.45. The van der Waals surface area contributed by atoms with Gasteiger partial charge >= 0.3 is 0 Å². The first-order valence-corrected chi connectivity index (χ1v) is 9.07. The van der Waals surface area contributed by atoms with E-state index in [1.807, 2.05) is 11.4 Å². The Morgan fingerprint density at radius 1 is 0.958 bits per heavy atom. The minimum atomic E-state index is 0.529. The normalized spacial score (nSPS) is 11.2. The van der Waals surface area contributed by atoms with E-state index < -0.39 is 0 Å². The van der Waals surface area contributed by atoms with Crippen LogP contribution in [0.15, 0.2) is 46.9 Å². The van der Waals surface area contributed by atoms with Crippen LogP contribution < -0.4 is 5.43 Å². The molecule has 0 aliphatic rings. The Labute approximate surface area is 162 Å². The maximum absolute atomic E-state index is 6.19. The number of hydrazone groups is 1. The van der Waals surface area contributed by atoms with Gasteiger partial charge in [-0.15, -0.1) is 11.3 Å². The third-order valence-corrected chi connectivity index (χ3v) is 4.89. The molecule has 0 saturated heterocycles. The Bertz CT molecular complexity index is 908. The number of anilines is 1. The SMILES string of the molecule is Clc1ccc(C=NNc2nc(-c3ccc(Cl)cc3Cl)cs2)c(Cl)c1. The van der Waals surface area contributed by atoms with Gasteiger partial charge in [-0.1, -0.05) is 52.5 Å². The van der Waals surface area contributed by atoms with Crippen LogP contribution in [0.25, 0.3) is 11.3 Å². The highest BCUT2D eigenvalue weighted by molar-refractivity contribution is 7.14. The van der Waals surface area contributed by atoms with Gasteiger partial charge in [0.05, 0.1) is 22.0 Å². The number of nitrogens with one attached hydrogen (secondary N) is 1. The topological polar surface area (TPSA) is 37.3 Å². The van der Waals surface area contributed by atoms with Crippen LogP contribution in [0.1, 0.15) is 5.56 Å². The minimum absolute atomic E-state index is 0.529. The van der Waals surface area contributed by atoms with E-state index in [0.717, 1.165) is 16.8 Å². The first kappa shape index (κ1) is 17.5. The average molecular weight is 417 g/mol. The summed E-state index contributed by atoms with van der Waals surface area (Å²) in [5, 5.41) is 8.91. The van der Waals surface area contributed by atoms with Gasteiger partial charge in [0.1, 0.15) is 0 Å². The monoisotopic (exact) mass is 415 g/mol. The molecule has 0 aliphatic carbocycles. The number of thiazole rings is 1. The van der Waals surface area contributed by atoms with Gasteiger partial charge in [-0.05, 0) is 30.3 Å². The van der Waals surface area contributed by atoms with Crippen molar-refractivity contribution in [3.63, 3.8) is 0 Å². The van der Waals surface area contributed by atoms with E-state index in [-0.39, 0.29) is 0 Å². The molecule has 3 nitrogen and oxygen atoms in total. The lowest BCUT2D eigenvalue weighted by Gasteiger charge is -2.01. The van der Waals surface area contributed by atoms with Crippen LogP contribution in [0.4, 0.5) is 5.13 Å². The van der Waals surface area contributed by atoms with Crippen molar-refractivity contribution in [3.8, 4) is 11.3 Å². The van der Waals surface area contributed by atoms with Crippen molar-refractivity contribution in [1.82, 2.24) is 4.98 Å². The molecule has 0 radical (unpaired) electrons. The minimum Gasteiger partial charge on any atom is -0.253 e. The third kappa shape index (κ3) is 4.21. The first-order chi connectivity index (χ1) is 11.5. The van der Waals surface area contributed by atoms with Crippen molar-refractivity contribution < 1.29 is 0 Å². The van der Waals surface area contributed by atoms with Crippen molar-refractivity contribution in [2.24, 2.45) is 5.10 Å². The number of rotatable bonds is 4. The molecule has 0 saturated carbocycles. The number of halogens is 4. The molecule has 0 fully saturated rings. The molecule has 2 aromatic carbocycles. The van der Waals surface area contributed by atoms with E-state index >= 15 is 0 Å². The first-order valence-electron chi connectivity index (χ1n) is 6.68. The number of benzene rings is 2. The van der Waals surface area contributed by atoms with E-state index in [9.17, 15) is 0 Å². The van der Waals surface area contributed by atoms with Gasteiger partial charge in [-0.3, -0.25) is 5.43 Å². The molecule has 1 N–H and O–H groups in total. The molecule has 8 heteroatoms. The van der Waals surface area contributed by atoms with Gasteiger partial charge in [0.2, 0.25) is 5.13 Å². The molecule has 1 heterocycles. The van der Waals surface area contributed by atoms with E-state index in [2.05, 4.69) is 15.5 Å². The van der Waals surface area contributed by atoms with Crippen molar-refractivity contribution in [3.05, 3.63) is 67.4 Å². The summed E-state index contributed by atoms with van der Waals surface area (Å²) in [6.07, 6.45) is 1.61. The van der Waals surface area contributed by atoms with Gasteiger partial charge in [0.25, 0.3) is 0 Å². The van der Waals surface area contributed by atoms with Crippen LogP contribution in [0.2, 0.25) is 20.1 Å². The fourth-order valence-corrected chi connectivity index (χ4v) is 3.53. The molecule has 1 aromatic heterocycles. The molecule has 0 unspecified atom stereocenters. The highest BCUT2D eigenvalue weighted by Crippen LogP contribution is 2.32. The lowest BCUT2D eigenvalue weighted by Crippen LogP contribution is -1.91. The Hall–Kier alpha value is -1.30. The molecule has 3 aromatic rings. The summed E-state index contributed by atoms with van der Waals surface area (Å²) in [5.41, 5.74) is 5.20. The van der Waals surface area contributed by atoms with E-state index in [1.165, 1.54) is 11.3 Å². The Balaban J connectivity index is 1.73. The van der Waals surface area contributed by atoms with E-state index in [4.69, 9.17) is 46.4 Å². The second-order valence-electron chi connectivity index (χ2n) is 4.70. The van der Waals surface area contributed by atoms with Crippen LogP contribution in [-0.2, 0) is 0 Å². The molecule has 0 atom stereocenters. The standard InChI is InChI=1S/C16H9Cl4N3S/c17-10-2-1-9(13(19)5-10)7-21-23-16-22-15(8-24-16)12-4-3-11(18)6-14(12)20/h1-8H,(H,22,23). The van der Waals surface area contributed by atoms with E-state index in [0.29, 0.717) is 25.2 Å². The fourth-order valence-electron chi connectivity index (χ4n) is 1.91. The second kappa shape index (κ2) is 7.72. The van der Waals surface area contributed by atoms with Crippen molar-refractivity contribution in [2.45, 2.75) is 0 Å². The number of hydrogen-bond donors (Lipinski definition) is 1. The maximum atomic E-state index is 6.19. The summed E-state index contributed by atoms with van der Waals surface area (Å²) >= 11 is 25.5. The van der Waals surface area contributed by atoms with Gasteiger partial charge in [-0.2, -0.15) is 5.10 Å². The van der Waals surface area contributed by atoms with E-state index in [1.54, 1.807) is 36.5 Å². The molecule has 0 spiro atoms. The lowest BCUT2D eigenvalue weighted by atomic mass is 10.2. The van der Waals surface area contributed by atoms with Gasteiger partial charge in [0.15, 0.2) is 0 Å². The van der Waals surface area contributed by atoms with Crippen LogP contribution in [0.3, 0.4) is 0 Å². The highest BCUT2D eigenvalue weighted by atomic mass is 35.5. The summed E-state index contributed by atoms with van der Waals surface area (Å²) < 4.78 is 0. The summed E-state index contributed by atoms with van der Waals surface area (Å²) in [6.45, 7) is 0.